The molecule has 0 aliphatic rings. The van der Waals surface area contributed by atoms with Crippen LogP contribution in [-0.4, -0.2) is 10.2 Å². The first-order valence-corrected chi connectivity index (χ1v) is 4.00. The summed E-state index contributed by atoms with van der Waals surface area (Å²) in [5.41, 5.74) is 1.83. The van der Waals surface area contributed by atoms with Crippen molar-refractivity contribution in [1.82, 2.24) is 10.2 Å². The molecule has 12 heavy (non-hydrogen) atoms. The van der Waals surface area contributed by atoms with Crippen molar-refractivity contribution in [1.29, 1.82) is 0 Å². The second-order valence-electron chi connectivity index (χ2n) is 2.44. The van der Waals surface area contributed by atoms with Crippen LogP contribution in [0, 0.1) is 0 Å². The molecule has 0 saturated heterocycles. The molecule has 0 atom stereocenters. The van der Waals surface area contributed by atoms with Crippen LogP contribution in [-0.2, 0) is 0 Å². The van der Waals surface area contributed by atoms with Crippen molar-refractivity contribution in [2.45, 2.75) is 0 Å². The molecule has 0 radical (unpaired) electrons. The molecule has 0 saturated carbocycles. The Bertz CT molecular complexity index is 368. The fourth-order valence-electron chi connectivity index (χ4n) is 1.08. The van der Waals surface area contributed by atoms with Crippen molar-refractivity contribution in [2.75, 3.05) is 0 Å². The van der Waals surface area contributed by atoms with Crippen LogP contribution >= 0.6 is 11.6 Å². The SMILES string of the molecule is Clc1ccccc1-c1cc[nH]n1. The summed E-state index contributed by atoms with van der Waals surface area (Å²) in [7, 11) is 0. The lowest BCUT2D eigenvalue weighted by Gasteiger charge is -1.97. The minimum Gasteiger partial charge on any atom is -0.285 e. The molecule has 0 spiro atoms. The third-order valence-corrected chi connectivity index (χ3v) is 1.98. The number of halogens is 1. The monoisotopic (exact) mass is 178 g/mol. The van der Waals surface area contributed by atoms with Gasteiger partial charge in [-0.15, -0.1) is 0 Å². The molecule has 0 unspecified atom stereocenters. The normalized spacial score (nSPS) is 10.1. The van der Waals surface area contributed by atoms with Crippen LogP contribution < -0.4 is 0 Å². The van der Waals surface area contributed by atoms with Gasteiger partial charge in [-0.2, -0.15) is 5.10 Å². The average molecular weight is 179 g/mol. The highest BCUT2D eigenvalue weighted by Gasteiger charge is 2.02. The summed E-state index contributed by atoms with van der Waals surface area (Å²) in [6, 6.07) is 9.53. The van der Waals surface area contributed by atoms with E-state index in [1.54, 1.807) is 6.20 Å². The molecule has 60 valence electrons. The van der Waals surface area contributed by atoms with E-state index in [0.717, 1.165) is 16.3 Å². The van der Waals surface area contributed by atoms with Gasteiger partial charge in [0.25, 0.3) is 0 Å². The Balaban J connectivity index is 2.55. The van der Waals surface area contributed by atoms with Crippen molar-refractivity contribution < 1.29 is 0 Å². The molecule has 2 nitrogen and oxygen atoms in total. The van der Waals surface area contributed by atoms with Gasteiger partial charge in [-0.1, -0.05) is 29.8 Å². The maximum Gasteiger partial charge on any atom is 0.0935 e. The van der Waals surface area contributed by atoms with E-state index in [2.05, 4.69) is 10.2 Å². The van der Waals surface area contributed by atoms with Gasteiger partial charge in [0.05, 0.1) is 10.7 Å². The van der Waals surface area contributed by atoms with Gasteiger partial charge in [0.1, 0.15) is 0 Å². The third-order valence-electron chi connectivity index (χ3n) is 1.65. The quantitative estimate of drug-likeness (QED) is 0.715. The van der Waals surface area contributed by atoms with Crippen LogP contribution in [0.3, 0.4) is 0 Å². The molecule has 0 amide bonds. The van der Waals surface area contributed by atoms with Crippen LogP contribution in [0.25, 0.3) is 11.3 Å². The Morgan fingerprint density at radius 3 is 2.67 bits per heavy atom. The van der Waals surface area contributed by atoms with E-state index in [1.807, 2.05) is 30.3 Å². The van der Waals surface area contributed by atoms with E-state index in [1.165, 1.54) is 0 Å². The van der Waals surface area contributed by atoms with Crippen molar-refractivity contribution in [3.63, 3.8) is 0 Å². The average Bonchev–Trinajstić information content (AvgIpc) is 2.57. The highest BCUT2D eigenvalue weighted by molar-refractivity contribution is 6.33. The van der Waals surface area contributed by atoms with Gasteiger partial charge in [0.15, 0.2) is 0 Å². The largest absolute Gasteiger partial charge is 0.285 e. The third kappa shape index (κ3) is 1.21. The molecule has 1 heterocycles. The first kappa shape index (κ1) is 7.37. The predicted molar refractivity (Wildman–Crippen MR) is 49.0 cm³/mol. The molecular formula is C9H7ClN2. The van der Waals surface area contributed by atoms with Crippen molar-refractivity contribution >= 4 is 11.6 Å². The van der Waals surface area contributed by atoms with Gasteiger partial charge in [0.2, 0.25) is 0 Å². The molecule has 0 fully saturated rings. The summed E-state index contributed by atoms with van der Waals surface area (Å²) >= 11 is 5.96. The summed E-state index contributed by atoms with van der Waals surface area (Å²) in [6.45, 7) is 0. The van der Waals surface area contributed by atoms with Crippen LogP contribution in [0.5, 0.6) is 0 Å². The van der Waals surface area contributed by atoms with Crippen LogP contribution in [0.2, 0.25) is 5.02 Å². The van der Waals surface area contributed by atoms with E-state index in [-0.39, 0.29) is 0 Å². The van der Waals surface area contributed by atoms with E-state index in [4.69, 9.17) is 11.6 Å². The molecule has 1 N–H and O–H groups in total. The number of hydrogen-bond acceptors (Lipinski definition) is 1. The summed E-state index contributed by atoms with van der Waals surface area (Å²) in [5.74, 6) is 0. The first-order valence-electron chi connectivity index (χ1n) is 3.62. The van der Waals surface area contributed by atoms with Gasteiger partial charge in [-0.3, -0.25) is 5.10 Å². The lowest BCUT2D eigenvalue weighted by atomic mass is 10.2. The number of nitrogens with zero attached hydrogens (tertiary/aromatic N) is 1. The van der Waals surface area contributed by atoms with E-state index >= 15 is 0 Å². The Labute approximate surface area is 75.2 Å². The van der Waals surface area contributed by atoms with E-state index < -0.39 is 0 Å². The molecule has 0 bridgehead atoms. The molecule has 2 aromatic rings. The van der Waals surface area contributed by atoms with Gasteiger partial charge in [-0.25, -0.2) is 0 Å². The number of aromatic nitrogens is 2. The van der Waals surface area contributed by atoms with Gasteiger partial charge in [-0.05, 0) is 12.1 Å². The van der Waals surface area contributed by atoms with Crippen LogP contribution in [0.4, 0.5) is 0 Å². The fraction of sp³-hybridized carbons (Fsp3) is 0. The minimum absolute atomic E-state index is 0.726. The molecular weight excluding hydrogens is 172 g/mol. The summed E-state index contributed by atoms with van der Waals surface area (Å²) < 4.78 is 0. The topological polar surface area (TPSA) is 28.7 Å². The predicted octanol–water partition coefficient (Wildman–Crippen LogP) is 2.73. The number of rotatable bonds is 1. The number of benzene rings is 1. The van der Waals surface area contributed by atoms with Crippen LogP contribution in [0.1, 0.15) is 0 Å². The van der Waals surface area contributed by atoms with Crippen molar-refractivity contribution in [3.05, 3.63) is 41.6 Å². The molecule has 0 aliphatic carbocycles. The highest BCUT2D eigenvalue weighted by Crippen LogP contribution is 2.24. The number of nitrogens with one attached hydrogen (secondary N) is 1. The zero-order chi connectivity index (χ0) is 8.39. The van der Waals surface area contributed by atoms with Crippen molar-refractivity contribution in [2.24, 2.45) is 0 Å². The second kappa shape index (κ2) is 2.99. The van der Waals surface area contributed by atoms with Gasteiger partial charge < -0.3 is 0 Å². The number of hydrogen-bond donors (Lipinski definition) is 1. The van der Waals surface area contributed by atoms with Crippen LogP contribution in [0.15, 0.2) is 36.5 Å². The van der Waals surface area contributed by atoms with E-state index in [0.29, 0.717) is 0 Å². The first-order chi connectivity index (χ1) is 5.88. The summed E-state index contributed by atoms with van der Waals surface area (Å²) in [5, 5.41) is 7.51. The maximum atomic E-state index is 5.96. The molecule has 0 aliphatic heterocycles. The molecule has 2 rings (SSSR count). The second-order valence-corrected chi connectivity index (χ2v) is 2.85. The smallest absolute Gasteiger partial charge is 0.0935 e. The van der Waals surface area contributed by atoms with Gasteiger partial charge >= 0.3 is 0 Å². The van der Waals surface area contributed by atoms with E-state index in [9.17, 15) is 0 Å². The zero-order valence-electron chi connectivity index (χ0n) is 6.29. The maximum absolute atomic E-state index is 5.96. The van der Waals surface area contributed by atoms with Crippen molar-refractivity contribution in [3.8, 4) is 11.3 Å². The molecule has 1 aromatic heterocycles. The summed E-state index contributed by atoms with van der Waals surface area (Å²) in [4.78, 5) is 0. The Kier molecular flexibility index (Phi) is 1.84. The van der Waals surface area contributed by atoms with Gasteiger partial charge in [0, 0.05) is 11.8 Å². The highest BCUT2D eigenvalue weighted by atomic mass is 35.5. The fourth-order valence-corrected chi connectivity index (χ4v) is 1.31. The number of aromatic amines is 1. The minimum atomic E-state index is 0.726. The Morgan fingerprint density at radius 1 is 1.17 bits per heavy atom. The lowest BCUT2D eigenvalue weighted by Crippen LogP contribution is -1.78. The zero-order valence-corrected chi connectivity index (χ0v) is 7.05. The standard InChI is InChI=1S/C9H7ClN2/c10-8-4-2-1-3-7(8)9-5-6-11-12-9/h1-6H,(H,11,12). The molecule has 1 aromatic carbocycles. The molecule has 3 heteroatoms. The summed E-state index contributed by atoms with van der Waals surface area (Å²) in [6.07, 6.45) is 1.78. The lowest BCUT2D eigenvalue weighted by molar-refractivity contribution is 1.10. The Morgan fingerprint density at radius 2 is 2.00 bits per heavy atom. The Hall–Kier alpha value is -1.28. The number of H-pyrrole nitrogens is 1.